The minimum absolute atomic E-state index is 0.156. The van der Waals surface area contributed by atoms with E-state index in [4.69, 9.17) is 0 Å². The van der Waals surface area contributed by atoms with Crippen LogP contribution in [0, 0.1) is 6.92 Å². The highest BCUT2D eigenvalue weighted by atomic mass is 32.2. The molecular weight excluding hydrogens is 510 g/mol. The van der Waals surface area contributed by atoms with E-state index in [-0.39, 0.29) is 4.90 Å². The van der Waals surface area contributed by atoms with E-state index in [2.05, 4.69) is 10.5 Å². The molecular formula is C36H29NO2S. The third-order valence-corrected chi connectivity index (χ3v) is 7.77. The molecule has 0 amide bonds. The van der Waals surface area contributed by atoms with Gasteiger partial charge in [0.2, 0.25) is 0 Å². The first-order chi connectivity index (χ1) is 19.5. The maximum absolute atomic E-state index is 13.4. The van der Waals surface area contributed by atoms with Crippen molar-refractivity contribution in [2.75, 3.05) is 0 Å². The van der Waals surface area contributed by atoms with Crippen LogP contribution < -0.4 is 0 Å². The summed E-state index contributed by atoms with van der Waals surface area (Å²) in [6, 6.07) is 46.8. The van der Waals surface area contributed by atoms with Gasteiger partial charge in [-0.1, -0.05) is 139 Å². The monoisotopic (exact) mass is 539 g/mol. The van der Waals surface area contributed by atoms with Crippen molar-refractivity contribution in [3.05, 3.63) is 179 Å². The third kappa shape index (κ3) is 6.42. The Hall–Kier alpha value is -4.80. The first kappa shape index (κ1) is 26.8. The number of benzene rings is 5. The highest BCUT2D eigenvalue weighted by Gasteiger charge is 2.18. The van der Waals surface area contributed by atoms with Gasteiger partial charge in [0, 0.05) is 11.8 Å². The number of hydrogen-bond donors (Lipinski definition) is 0. The zero-order chi connectivity index (χ0) is 27.8. The molecule has 3 nitrogen and oxygen atoms in total. The maximum atomic E-state index is 13.4. The van der Waals surface area contributed by atoms with Crippen LogP contribution in [0.5, 0.6) is 0 Å². The number of rotatable bonds is 8. The van der Waals surface area contributed by atoms with Crippen LogP contribution in [0.25, 0.3) is 17.2 Å². The van der Waals surface area contributed by atoms with Crippen molar-refractivity contribution in [1.82, 2.24) is 0 Å². The van der Waals surface area contributed by atoms with Crippen molar-refractivity contribution in [3.63, 3.8) is 0 Å². The number of allylic oxidation sites excluding steroid dienone is 2. The van der Waals surface area contributed by atoms with E-state index in [0.717, 1.165) is 39.0 Å². The van der Waals surface area contributed by atoms with Gasteiger partial charge in [-0.15, -0.1) is 0 Å². The SMILES string of the molecule is Cc1ccc(S(=O)(=O)/N=C/C(=C(c2ccccc2)c2ccccc2)/C(=C/c2ccccc2)c2ccccc2)cc1. The molecule has 0 aromatic heterocycles. The Kier molecular flexibility index (Phi) is 8.29. The summed E-state index contributed by atoms with van der Waals surface area (Å²) < 4.78 is 31.1. The minimum atomic E-state index is -3.95. The van der Waals surface area contributed by atoms with E-state index in [1.807, 2.05) is 128 Å². The zero-order valence-corrected chi connectivity index (χ0v) is 23.0. The van der Waals surface area contributed by atoms with Gasteiger partial charge in [0.25, 0.3) is 10.0 Å². The second kappa shape index (κ2) is 12.4. The van der Waals surface area contributed by atoms with Crippen LogP contribution in [-0.2, 0) is 10.0 Å². The molecule has 0 atom stereocenters. The predicted octanol–water partition coefficient (Wildman–Crippen LogP) is 8.50. The number of hydrogen-bond acceptors (Lipinski definition) is 2. The molecule has 0 aliphatic carbocycles. The van der Waals surface area contributed by atoms with Gasteiger partial charge in [-0.3, -0.25) is 0 Å². The third-order valence-electron chi connectivity index (χ3n) is 6.52. The minimum Gasteiger partial charge on any atom is -0.199 e. The fourth-order valence-electron chi connectivity index (χ4n) is 4.50. The molecule has 0 saturated heterocycles. The van der Waals surface area contributed by atoms with Gasteiger partial charge in [-0.2, -0.15) is 12.8 Å². The molecule has 5 aromatic carbocycles. The van der Waals surface area contributed by atoms with E-state index in [1.165, 1.54) is 6.21 Å². The summed E-state index contributed by atoms with van der Waals surface area (Å²) in [6.07, 6.45) is 3.59. The molecule has 0 heterocycles. The standard InChI is InChI=1S/C36H29NO2S/c1-28-22-24-33(25-23-28)40(38,39)37-27-35(36(31-18-10-4-11-19-31)32-20-12-5-13-21-32)34(30-16-8-3-9-17-30)26-29-14-6-2-7-15-29/h2-27H,1H3/b34-26+,37-27+. The van der Waals surface area contributed by atoms with Gasteiger partial charge < -0.3 is 0 Å². The van der Waals surface area contributed by atoms with Gasteiger partial charge >= 0.3 is 0 Å². The highest BCUT2D eigenvalue weighted by molar-refractivity contribution is 7.90. The summed E-state index contributed by atoms with van der Waals surface area (Å²) in [7, 11) is -3.95. The van der Waals surface area contributed by atoms with Crippen molar-refractivity contribution in [2.24, 2.45) is 4.40 Å². The topological polar surface area (TPSA) is 46.5 Å². The van der Waals surface area contributed by atoms with Crippen LogP contribution >= 0.6 is 0 Å². The molecule has 0 N–H and O–H groups in total. The lowest BCUT2D eigenvalue weighted by atomic mass is 9.86. The van der Waals surface area contributed by atoms with Crippen LogP contribution in [0.4, 0.5) is 0 Å². The quantitative estimate of drug-likeness (QED) is 0.113. The van der Waals surface area contributed by atoms with E-state index in [0.29, 0.717) is 5.57 Å². The lowest BCUT2D eigenvalue weighted by molar-refractivity contribution is 0.598. The van der Waals surface area contributed by atoms with E-state index >= 15 is 0 Å². The van der Waals surface area contributed by atoms with Crippen LogP contribution in [0.2, 0.25) is 0 Å². The van der Waals surface area contributed by atoms with Crippen molar-refractivity contribution in [2.45, 2.75) is 11.8 Å². The largest absolute Gasteiger partial charge is 0.282 e. The van der Waals surface area contributed by atoms with Crippen LogP contribution in [0.15, 0.2) is 160 Å². The Bertz CT molecular complexity index is 1710. The second-order valence-corrected chi connectivity index (χ2v) is 11.0. The number of sulfonamides is 1. The predicted molar refractivity (Wildman–Crippen MR) is 167 cm³/mol. The van der Waals surface area contributed by atoms with Crippen molar-refractivity contribution >= 4 is 33.5 Å². The summed E-state index contributed by atoms with van der Waals surface area (Å²) in [5, 5.41) is 0. The molecule has 0 unspecified atom stereocenters. The molecule has 0 fully saturated rings. The Morgan fingerprint density at radius 2 is 1.02 bits per heavy atom. The molecule has 0 spiro atoms. The summed E-state index contributed by atoms with van der Waals surface area (Å²) in [5.41, 5.74) is 7.28. The summed E-state index contributed by atoms with van der Waals surface area (Å²) >= 11 is 0. The second-order valence-electron chi connectivity index (χ2n) is 9.38. The lowest BCUT2D eigenvalue weighted by Gasteiger charge is -2.18. The van der Waals surface area contributed by atoms with Gasteiger partial charge in [0.1, 0.15) is 0 Å². The fraction of sp³-hybridized carbons (Fsp3) is 0.0278. The van der Waals surface area contributed by atoms with Crippen LogP contribution in [0.1, 0.15) is 27.8 Å². The van der Waals surface area contributed by atoms with Gasteiger partial charge in [-0.05, 0) is 58.5 Å². The number of nitrogens with zero attached hydrogens (tertiary/aromatic N) is 1. The summed E-state index contributed by atoms with van der Waals surface area (Å²) in [6.45, 7) is 1.92. The molecule has 40 heavy (non-hydrogen) atoms. The van der Waals surface area contributed by atoms with E-state index < -0.39 is 10.0 Å². The van der Waals surface area contributed by atoms with Crippen molar-refractivity contribution in [1.29, 1.82) is 0 Å². The average Bonchev–Trinajstić information content (AvgIpc) is 3.00. The maximum Gasteiger partial charge on any atom is 0.282 e. The first-order valence-corrected chi connectivity index (χ1v) is 14.5. The van der Waals surface area contributed by atoms with E-state index in [9.17, 15) is 8.42 Å². The molecule has 5 aromatic rings. The Labute approximate surface area is 236 Å². The first-order valence-electron chi connectivity index (χ1n) is 13.1. The van der Waals surface area contributed by atoms with Gasteiger partial charge in [-0.25, -0.2) is 0 Å². The molecule has 0 aliphatic heterocycles. The van der Waals surface area contributed by atoms with Crippen molar-refractivity contribution in [3.8, 4) is 0 Å². The van der Waals surface area contributed by atoms with Crippen LogP contribution in [-0.4, -0.2) is 14.6 Å². The molecule has 5 rings (SSSR count). The molecule has 0 saturated carbocycles. The Morgan fingerprint density at radius 1 is 0.575 bits per heavy atom. The highest BCUT2D eigenvalue weighted by Crippen LogP contribution is 2.35. The van der Waals surface area contributed by atoms with Crippen molar-refractivity contribution < 1.29 is 8.42 Å². The van der Waals surface area contributed by atoms with E-state index in [1.54, 1.807) is 24.3 Å². The molecule has 0 aliphatic rings. The fourth-order valence-corrected chi connectivity index (χ4v) is 5.35. The normalized spacial score (nSPS) is 11.9. The Morgan fingerprint density at radius 3 is 1.52 bits per heavy atom. The smallest absolute Gasteiger partial charge is 0.199 e. The average molecular weight is 540 g/mol. The zero-order valence-electron chi connectivity index (χ0n) is 22.2. The van der Waals surface area contributed by atoms with Crippen LogP contribution in [0.3, 0.4) is 0 Å². The molecule has 0 bridgehead atoms. The van der Waals surface area contributed by atoms with Gasteiger partial charge in [0.15, 0.2) is 0 Å². The molecule has 4 heteroatoms. The summed E-state index contributed by atoms with van der Waals surface area (Å²) in [4.78, 5) is 0.156. The molecule has 0 radical (unpaired) electrons. The number of aryl methyl sites for hydroxylation is 1. The van der Waals surface area contributed by atoms with Gasteiger partial charge in [0.05, 0.1) is 4.90 Å². The lowest BCUT2D eigenvalue weighted by Crippen LogP contribution is -2.03. The Balaban J connectivity index is 1.83. The molecule has 196 valence electrons. The summed E-state index contributed by atoms with van der Waals surface area (Å²) in [5.74, 6) is 0.